The van der Waals surface area contributed by atoms with Crippen LogP contribution in [-0.4, -0.2) is 34.3 Å². The molecule has 1 aliphatic rings. The molecule has 4 nitrogen and oxygen atoms in total. The fourth-order valence-corrected chi connectivity index (χ4v) is 2.74. The molecule has 1 fully saturated rings. The zero-order valence-electron chi connectivity index (χ0n) is 12.9. The van der Waals surface area contributed by atoms with Crippen LogP contribution in [0.15, 0.2) is 30.3 Å². The van der Waals surface area contributed by atoms with E-state index < -0.39 is 17.6 Å². The lowest BCUT2D eigenvalue weighted by molar-refractivity contribution is -0.147. The monoisotopic (exact) mass is 289 g/mol. The fourth-order valence-electron chi connectivity index (χ4n) is 2.74. The van der Waals surface area contributed by atoms with Crippen LogP contribution in [0.25, 0.3) is 0 Å². The number of hydrogen-bond acceptors (Lipinski definition) is 3. The number of likely N-dealkylation sites (tertiary alicyclic amines) is 1. The quantitative estimate of drug-likeness (QED) is 0.929. The van der Waals surface area contributed by atoms with Crippen LogP contribution < -0.4 is 0 Å². The third-order valence-corrected chi connectivity index (χ3v) is 3.93. The first-order chi connectivity index (χ1) is 9.82. The Bertz CT molecular complexity index is 519. The molecule has 0 unspecified atom stereocenters. The number of rotatable bonds is 3. The lowest BCUT2D eigenvalue weighted by Crippen LogP contribution is -2.46. The van der Waals surface area contributed by atoms with E-state index in [1.807, 2.05) is 26.8 Å². The van der Waals surface area contributed by atoms with E-state index >= 15 is 0 Å². The minimum Gasteiger partial charge on any atom is -0.378 e. The van der Waals surface area contributed by atoms with Crippen molar-refractivity contribution in [2.45, 2.75) is 45.8 Å². The molecule has 0 saturated carbocycles. The fraction of sp³-hybridized carbons (Fsp3) is 0.529. The van der Waals surface area contributed by atoms with Crippen LogP contribution in [0.2, 0.25) is 0 Å². The summed E-state index contributed by atoms with van der Waals surface area (Å²) in [5, 5.41) is 10.2. The minimum absolute atomic E-state index is 0.0635. The van der Waals surface area contributed by atoms with E-state index in [-0.39, 0.29) is 11.7 Å². The molecule has 0 radical (unpaired) electrons. The molecule has 4 heteroatoms. The first-order valence-corrected chi connectivity index (χ1v) is 7.40. The van der Waals surface area contributed by atoms with Crippen molar-refractivity contribution in [3.05, 3.63) is 35.9 Å². The van der Waals surface area contributed by atoms with Crippen molar-refractivity contribution < 1.29 is 14.7 Å². The van der Waals surface area contributed by atoms with Crippen molar-refractivity contribution >= 4 is 11.7 Å². The molecule has 1 N–H and O–H groups in total. The van der Waals surface area contributed by atoms with E-state index in [1.165, 1.54) is 0 Å². The number of aliphatic hydroxyl groups excluding tert-OH is 1. The molecular weight excluding hydrogens is 266 g/mol. The van der Waals surface area contributed by atoms with Crippen LogP contribution in [0.5, 0.6) is 0 Å². The van der Waals surface area contributed by atoms with E-state index in [0.717, 1.165) is 6.42 Å². The van der Waals surface area contributed by atoms with Gasteiger partial charge in [0.2, 0.25) is 0 Å². The molecule has 0 bridgehead atoms. The molecule has 1 aliphatic heterocycles. The molecule has 0 aromatic heterocycles. The predicted molar refractivity (Wildman–Crippen MR) is 80.6 cm³/mol. The molecule has 1 heterocycles. The van der Waals surface area contributed by atoms with Gasteiger partial charge in [0.05, 0.1) is 6.04 Å². The van der Waals surface area contributed by atoms with Crippen molar-refractivity contribution in [2.24, 2.45) is 5.41 Å². The van der Waals surface area contributed by atoms with Crippen molar-refractivity contribution in [1.82, 2.24) is 4.90 Å². The average Bonchev–Trinajstić information content (AvgIpc) is 2.94. The first-order valence-electron chi connectivity index (χ1n) is 7.40. The summed E-state index contributed by atoms with van der Waals surface area (Å²) in [4.78, 5) is 26.5. The van der Waals surface area contributed by atoms with E-state index in [4.69, 9.17) is 0 Å². The van der Waals surface area contributed by atoms with Gasteiger partial charge in [0, 0.05) is 12.0 Å². The molecule has 21 heavy (non-hydrogen) atoms. The maximum Gasteiger partial charge on any atom is 0.256 e. The summed E-state index contributed by atoms with van der Waals surface area (Å²) in [5.41, 5.74) is 0.0852. The molecular formula is C17H23NO3. The van der Waals surface area contributed by atoms with Gasteiger partial charge in [0.25, 0.3) is 5.91 Å². The van der Waals surface area contributed by atoms with Crippen molar-refractivity contribution in [1.29, 1.82) is 0 Å². The van der Waals surface area contributed by atoms with Crippen molar-refractivity contribution in [3.63, 3.8) is 0 Å². The van der Waals surface area contributed by atoms with Crippen LogP contribution >= 0.6 is 0 Å². The highest BCUT2D eigenvalue weighted by molar-refractivity contribution is 5.94. The van der Waals surface area contributed by atoms with Gasteiger partial charge in [-0.15, -0.1) is 0 Å². The van der Waals surface area contributed by atoms with Gasteiger partial charge >= 0.3 is 0 Å². The highest BCUT2D eigenvalue weighted by Crippen LogP contribution is 2.29. The zero-order chi connectivity index (χ0) is 15.6. The lowest BCUT2D eigenvalue weighted by Gasteiger charge is -2.30. The molecule has 1 aromatic rings. The normalized spacial score (nSPS) is 20.4. The van der Waals surface area contributed by atoms with E-state index in [9.17, 15) is 14.7 Å². The Labute approximate surface area is 125 Å². The van der Waals surface area contributed by atoms with Gasteiger partial charge in [0.1, 0.15) is 0 Å². The molecule has 1 aromatic carbocycles. The topological polar surface area (TPSA) is 57.6 Å². The van der Waals surface area contributed by atoms with E-state index in [2.05, 4.69) is 0 Å². The number of benzene rings is 1. The molecule has 0 spiro atoms. The Morgan fingerprint density at radius 3 is 2.43 bits per heavy atom. The van der Waals surface area contributed by atoms with Crippen LogP contribution in [0.4, 0.5) is 0 Å². The van der Waals surface area contributed by atoms with Crippen molar-refractivity contribution in [3.8, 4) is 0 Å². The summed E-state index contributed by atoms with van der Waals surface area (Å²) in [6, 6.07) is 8.44. The molecule has 2 atom stereocenters. The Balaban J connectivity index is 2.16. The Hall–Kier alpha value is -1.68. The molecule has 1 amide bonds. The number of hydrogen-bond donors (Lipinski definition) is 1. The van der Waals surface area contributed by atoms with Gasteiger partial charge in [-0.05, 0) is 18.4 Å². The molecule has 0 aliphatic carbocycles. The minimum atomic E-state index is -1.19. The van der Waals surface area contributed by atoms with Crippen LogP contribution in [0.1, 0.15) is 45.3 Å². The summed E-state index contributed by atoms with van der Waals surface area (Å²) in [6.07, 6.45) is 0.294. The first kappa shape index (κ1) is 15.7. The maximum atomic E-state index is 12.5. The van der Waals surface area contributed by atoms with Crippen molar-refractivity contribution in [2.75, 3.05) is 6.54 Å². The van der Waals surface area contributed by atoms with Gasteiger partial charge < -0.3 is 10.0 Å². The van der Waals surface area contributed by atoms with Crippen LogP contribution in [0.3, 0.4) is 0 Å². The van der Waals surface area contributed by atoms with Crippen LogP contribution in [0, 0.1) is 5.41 Å². The molecule has 114 valence electrons. The predicted octanol–water partition coefficient (Wildman–Crippen LogP) is 2.33. The summed E-state index contributed by atoms with van der Waals surface area (Å²) >= 11 is 0. The largest absolute Gasteiger partial charge is 0.378 e. The standard InChI is InChI=1S/C17H23NO3/c1-17(2,3)15(20)13-10-7-11-18(13)16(21)14(19)12-8-5-4-6-9-12/h4-6,8-9,13-14,19H,7,10-11H2,1-3H3/t13-,14+/m0/s1. The summed E-state index contributed by atoms with van der Waals surface area (Å²) in [5.74, 6) is -0.310. The smallest absolute Gasteiger partial charge is 0.256 e. The number of amides is 1. The van der Waals surface area contributed by atoms with Crippen LogP contribution in [-0.2, 0) is 9.59 Å². The number of ketones is 1. The Morgan fingerprint density at radius 1 is 1.24 bits per heavy atom. The Kier molecular flexibility index (Phi) is 4.47. The number of aliphatic hydroxyl groups is 1. The second kappa shape index (κ2) is 5.98. The van der Waals surface area contributed by atoms with E-state index in [1.54, 1.807) is 29.2 Å². The third-order valence-electron chi connectivity index (χ3n) is 3.93. The lowest BCUT2D eigenvalue weighted by atomic mass is 9.85. The second-order valence-electron chi connectivity index (χ2n) is 6.62. The Morgan fingerprint density at radius 2 is 1.86 bits per heavy atom. The van der Waals surface area contributed by atoms with Gasteiger partial charge in [-0.25, -0.2) is 0 Å². The van der Waals surface area contributed by atoms with Gasteiger partial charge in [-0.2, -0.15) is 0 Å². The van der Waals surface area contributed by atoms with Gasteiger partial charge in [0.15, 0.2) is 11.9 Å². The summed E-state index contributed by atoms with van der Waals surface area (Å²) < 4.78 is 0. The summed E-state index contributed by atoms with van der Waals surface area (Å²) in [6.45, 7) is 6.13. The van der Waals surface area contributed by atoms with Gasteiger partial charge in [-0.3, -0.25) is 9.59 Å². The van der Waals surface area contributed by atoms with E-state index in [0.29, 0.717) is 18.5 Å². The highest BCUT2D eigenvalue weighted by atomic mass is 16.3. The highest BCUT2D eigenvalue weighted by Gasteiger charge is 2.40. The molecule has 2 rings (SSSR count). The average molecular weight is 289 g/mol. The zero-order valence-corrected chi connectivity index (χ0v) is 12.9. The van der Waals surface area contributed by atoms with Gasteiger partial charge in [-0.1, -0.05) is 51.1 Å². The molecule has 1 saturated heterocycles. The second-order valence-corrected chi connectivity index (χ2v) is 6.62. The number of Topliss-reactive ketones (excluding diaryl/α,β-unsaturated/α-hetero) is 1. The SMILES string of the molecule is CC(C)(C)C(=O)[C@@H]1CCCN1C(=O)[C@H](O)c1ccccc1. The number of carbonyl (C=O) groups excluding carboxylic acids is 2. The number of carbonyl (C=O) groups is 2. The summed E-state index contributed by atoms with van der Waals surface area (Å²) in [7, 11) is 0. The number of nitrogens with zero attached hydrogens (tertiary/aromatic N) is 1. The maximum absolute atomic E-state index is 12.5. The third kappa shape index (κ3) is 3.32.